The van der Waals surface area contributed by atoms with E-state index in [1.54, 1.807) is 7.05 Å². The van der Waals surface area contributed by atoms with Crippen LogP contribution in [0.3, 0.4) is 0 Å². The van der Waals surface area contributed by atoms with Crippen LogP contribution in [0.15, 0.2) is 29.3 Å². The number of hydrogen-bond donors (Lipinski definition) is 2. The van der Waals surface area contributed by atoms with E-state index in [0.29, 0.717) is 13.2 Å². The van der Waals surface area contributed by atoms with Crippen LogP contribution in [0.25, 0.3) is 0 Å². The summed E-state index contributed by atoms with van der Waals surface area (Å²) in [6.07, 6.45) is 1.11. The lowest BCUT2D eigenvalue weighted by Crippen LogP contribution is -2.38. The minimum absolute atomic E-state index is 0.676. The van der Waals surface area contributed by atoms with Crippen LogP contribution in [0.4, 0.5) is 0 Å². The monoisotopic (exact) mass is 320 g/mol. The second-order valence-electron chi connectivity index (χ2n) is 5.27. The molecule has 0 unspecified atom stereocenters. The molecule has 0 spiro atoms. The van der Waals surface area contributed by atoms with Crippen LogP contribution in [0.1, 0.15) is 32.8 Å². The fraction of sp³-hybridized carbons (Fsp3) is 0.611. The van der Waals surface area contributed by atoms with E-state index >= 15 is 0 Å². The predicted octanol–water partition coefficient (Wildman–Crippen LogP) is 2.48. The van der Waals surface area contributed by atoms with Crippen molar-refractivity contribution in [3.8, 4) is 5.75 Å². The number of aliphatic imine (C=N–C) groups is 1. The Balaban J connectivity index is 2.37. The number of nitrogens with zero attached hydrogens (tertiary/aromatic N) is 2. The summed E-state index contributed by atoms with van der Waals surface area (Å²) in [6, 6.07) is 8.10. The maximum absolute atomic E-state index is 5.65. The summed E-state index contributed by atoms with van der Waals surface area (Å²) >= 11 is 0. The van der Waals surface area contributed by atoms with Gasteiger partial charge >= 0.3 is 0 Å². The largest absolute Gasteiger partial charge is 0.494 e. The Bertz CT molecular complexity index is 458. The molecule has 0 amide bonds. The molecule has 130 valence electrons. The van der Waals surface area contributed by atoms with Gasteiger partial charge in [-0.2, -0.15) is 0 Å². The molecule has 0 aliphatic carbocycles. The van der Waals surface area contributed by atoms with Crippen molar-refractivity contribution in [2.24, 2.45) is 4.99 Å². The molecular weight excluding hydrogens is 288 g/mol. The van der Waals surface area contributed by atoms with Crippen LogP contribution in [-0.2, 0) is 6.54 Å². The van der Waals surface area contributed by atoms with E-state index in [2.05, 4.69) is 40.4 Å². The molecule has 0 aliphatic rings. The van der Waals surface area contributed by atoms with Gasteiger partial charge in [0.1, 0.15) is 5.75 Å². The van der Waals surface area contributed by atoms with Crippen LogP contribution >= 0.6 is 0 Å². The van der Waals surface area contributed by atoms with Gasteiger partial charge in [0.25, 0.3) is 0 Å². The molecule has 1 rings (SSSR count). The molecule has 0 bridgehead atoms. The first-order chi connectivity index (χ1) is 11.2. The molecule has 0 atom stereocenters. The third kappa shape index (κ3) is 7.37. The minimum atomic E-state index is 0.676. The van der Waals surface area contributed by atoms with Gasteiger partial charge in [-0.15, -0.1) is 0 Å². The number of rotatable bonds is 10. The molecule has 2 N–H and O–H groups in total. The highest BCUT2D eigenvalue weighted by Crippen LogP contribution is 2.17. The van der Waals surface area contributed by atoms with Gasteiger partial charge in [-0.25, -0.2) is 0 Å². The first-order valence-corrected chi connectivity index (χ1v) is 8.62. The molecule has 5 heteroatoms. The van der Waals surface area contributed by atoms with Crippen LogP contribution < -0.4 is 15.4 Å². The third-order valence-corrected chi connectivity index (χ3v) is 3.78. The predicted molar refractivity (Wildman–Crippen MR) is 98.2 cm³/mol. The lowest BCUT2D eigenvalue weighted by Gasteiger charge is -2.18. The Hall–Kier alpha value is -1.75. The van der Waals surface area contributed by atoms with Crippen LogP contribution in [-0.4, -0.2) is 50.7 Å². The average Bonchev–Trinajstić information content (AvgIpc) is 2.59. The Labute approximate surface area is 141 Å². The Kier molecular flexibility index (Phi) is 9.87. The topological polar surface area (TPSA) is 48.9 Å². The maximum atomic E-state index is 5.65. The highest BCUT2D eigenvalue weighted by Gasteiger charge is 2.04. The number of ether oxygens (including phenoxy) is 1. The smallest absolute Gasteiger partial charge is 0.191 e. The van der Waals surface area contributed by atoms with Gasteiger partial charge in [-0.3, -0.25) is 4.99 Å². The van der Waals surface area contributed by atoms with Crippen molar-refractivity contribution >= 4 is 5.96 Å². The highest BCUT2D eigenvalue weighted by molar-refractivity contribution is 5.79. The van der Waals surface area contributed by atoms with E-state index in [0.717, 1.165) is 49.9 Å². The number of para-hydroxylation sites is 1. The van der Waals surface area contributed by atoms with Crippen molar-refractivity contribution in [2.45, 2.75) is 33.7 Å². The van der Waals surface area contributed by atoms with Crippen molar-refractivity contribution < 1.29 is 4.74 Å². The summed E-state index contributed by atoms with van der Waals surface area (Å²) in [5, 5.41) is 6.71. The van der Waals surface area contributed by atoms with E-state index in [1.807, 2.05) is 25.1 Å². The zero-order valence-electron chi connectivity index (χ0n) is 15.1. The zero-order chi connectivity index (χ0) is 16.9. The second-order valence-corrected chi connectivity index (χ2v) is 5.27. The van der Waals surface area contributed by atoms with Crippen molar-refractivity contribution in [1.29, 1.82) is 0 Å². The number of benzene rings is 1. The van der Waals surface area contributed by atoms with Crippen LogP contribution in [0.2, 0.25) is 0 Å². The fourth-order valence-corrected chi connectivity index (χ4v) is 2.40. The Morgan fingerprint density at radius 2 is 1.87 bits per heavy atom. The molecule has 0 radical (unpaired) electrons. The first-order valence-electron chi connectivity index (χ1n) is 8.62. The molecule has 1 aromatic rings. The molecule has 0 saturated carbocycles. The van der Waals surface area contributed by atoms with Crippen molar-refractivity contribution in [1.82, 2.24) is 15.5 Å². The summed E-state index contributed by atoms with van der Waals surface area (Å²) < 4.78 is 5.65. The van der Waals surface area contributed by atoms with E-state index in [9.17, 15) is 0 Å². The third-order valence-electron chi connectivity index (χ3n) is 3.78. The normalized spacial score (nSPS) is 11.6. The van der Waals surface area contributed by atoms with E-state index in [4.69, 9.17) is 4.74 Å². The Morgan fingerprint density at radius 1 is 1.13 bits per heavy atom. The first kappa shape index (κ1) is 19.3. The lowest BCUT2D eigenvalue weighted by atomic mass is 10.2. The van der Waals surface area contributed by atoms with Crippen LogP contribution in [0.5, 0.6) is 5.75 Å². The average molecular weight is 320 g/mol. The zero-order valence-corrected chi connectivity index (χ0v) is 15.1. The number of hydrogen-bond acceptors (Lipinski definition) is 3. The lowest BCUT2D eigenvalue weighted by molar-refractivity contribution is 0.300. The van der Waals surface area contributed by atoms with Gasteiger partial charge in [0.2, 0.25) is 0 Å². The van der Waals surface area contributed by atoms with E-state index in [-0.39, 0.29) is 0 Å². The summed E-state index contributed by atoms with van der Waals surface area (Å²) in [6.45, 7) is 12.0. The van der Waals surface area contributed by atoms with E-state index in [1.165, 1.54) is 0 Å². The summed E-state index contributed by atoms with van der Waals surface area (Å²) in [4.78, 5) is 6.70. The van der Waals surface area contributed by atoms with Crippen molar-refractivity contribution in [3.05, 3.63) is 29.8 Å². The molecule has 0 aliphatic heterocycles. The van der Waals surface area contributed by atoms with Crippen LogP contribution in [0, 0.1) is 0 Å². The fourth-order valence-electron chi connectivity index (χ4n) is 2.40. The molecular formula is C18H32N4O. The summed E-state index contributed by atoms with van der Waals surface area (Å²) in [5.74, 6) is 1.76. The van der Waals surface area contributed by atoms with Gasteiger partial charge in [0.05, 0.1) is 6.61 Å². The summed E-state index contributed by atoms with van der Waals surface area (Å²) in [7, 11) is 1.80. The SMILES string of the molecule is CCOc1ccccc1CNC(=NC)NCCCN(CC)CC. The van der Waals surface area contributed by atoms with Gasteiger partial charge in [0.15, 0.2) is 5.96 Å². The molecule has 0 heterocycles. The quantitative estimate of drug-likeness (QED) is 0.395. The molecule has 0 aromatic heterocycles. The van der Waals surface area contributed by atoms with Gasteiger partial charge < -0.3 is 20.3 Å². The second kappa shape index (κ2) is 11.8. The highest BCUT2D eigenvalue weighted by atomic mass is 16.5. The Morgan fingerprint density at radius 3 is 2.52 bits per heavy atom. The molecule has 0 saturated heterocycles. The van der Waals surface area contributed by atoms with E-state index < -0.39 is 0 Å². The molecule has 5 nitrogen and oxygen atoms in total. The molecule has 1 aromatic carbocycles. The minimum Gasteiger partial charge on any atom is -0.494 e. The number of nitrogens with one attached hydrogen (secondary N) is 2. The van der Waals surface area contributed by atoms with Gasteiger partial charge in [-0.05, 0) is 39.0 Å². The maximum Gasteiger partial charge on any atom is 0.191 e. The van der Waals surface area contributed by atoms with Crippen molar-refractivity contribution in [2.75, 3.05) is 39.8 Å². The number of guanidine groups is 1. The molecule has 0 fully saturated rings. The molecule has 23 heavy (non-hydrogen) atoms. The van der Waals surface area contributed by atoms with Gasteiger partial charge in [0, 0.05) is 25.7 Å². The van der Waals surface area contributed by atoms with Gasteiger partial charge in [-0.1, -0.05) is 32.0 Å². The standard InChI is InChI=1S/C18H32N4O/c1-5-22(6-2)14-10-13-20-18(19-4)21-15-16-11-8-9-12-17(16)23-7-3/h8-9,11-12H,5-7,10,13-15H2,1-4H3,(H2,19,20,21). The summed E-state index contributed by atoms with van der Waals surface area (Å²) in [5.41, 5.74) is 1.14. The van der Waals surface area contributed by atoms with Crippen molar-refractivity contribution in [3.63, 3.8) is 0 Å².